The lowest BCUT2D eigenvalue weighted by molar-refractivity contribution is 0.215. The van der Waals surface area contributed by atoms with Crippen LogP contribution in [-0.4, -0.2) is 79.3 Å². The Kier molecular flexibility index (Phi) is 15.0. The fourth-order valence-electron chi connectivity index (χ4n) is 6.09. The average molecular weight is 593 g/mol. The molecule has 0 amide bonds. The summed E-state index contributed by atoms with van der Waals surface area (Å²) in [4.78, 5) is 12.2. The molecule has 6 N–H and O–H groups in total. The highest BCUT2D eigenvalue weighted by Gasteiger charge is 2.20. The van der Waals surface area contributed by atoms with Gasteiger partial charge in [-0.1, -0.05) is 51.2 Å². The van der Waals surface area contributed by atoms with Crippen molar-refractivity contribution in [2.75, 3.05) is 63.0 Å². The summed E-state index contributed by atoms with van der Waals surface area (Å²) < 4.78 is 0. The van der Waals surface area contributed by atoms with Gasteiger partial charge in [-0.2, -0.15) is 10.1 Å². The summed E-state index contributed by atoms with van der Waals surface area (Å²) in [6, 6.07) is 9.31. The van der Waals surface area contributed by atoms with Crippen molar-refractivity contribution >= 4 is 22.7 Å². The van der Waals surface area contributed by atoms with Crippen molar-refractivity contribution in [1.82, 2.24) is 30.8 Å². The summed E-state index contributed by atoms with van der Waals surface area (Å²) in [5, 5.41) is 22.3. The number of piperidine rings is 1. The number of hydrogen-bond donors (Lipinski definition) is 6. The van der Waals surface area contributed by atoms with Gasteiger partial charge in [0.2, 0.25) is 5.95 Å². The molecule has 0 bridgehead atoms. The molecule has 0 atom stereocenters. The van der Waals surface area contributed by atoms with Crippen molar-refractivity contribution < 1.29 is 0 Å². The molecule has 0 radical (unpaired) electrons. The normalized spacial score (nSPS) is 17.3. The number of nitrogens with zero attached hydrogens (tertiary/aromatic N) is 4. The van der Waals surface area contributed by atoms with E-state index in [9.17, 15) is 0 Å². The van der Waals surface area contributed by atoms with Gasteiger partial charge >= 0.3 is 0 Å². The molecule has 10 heteroatoms. The molecule has 4 rings (SSSR count). The number of benzene rings is 1. The topological polar surface area (TPSA) is 125 Å². The lowest BCUT2D eigenvalue weighted by Crippen LogP contribution is -2.39. The fourth-order valence-corrected chi connectivity index (χ4v) is 6.09. The summed E-state index contributed by atoms with van der Waals surface area (Å²) in [6.07, 6.45) is 17.0. The van der Waals surface area contributed by atoms with Crippen LogP contribution in [0.1, 0.15) is 84.0 Å². The van der Waals surface area contributed by atoms with Gasteiger partial charge in [0.05, 0.1) is 17.8 Å². The number of para-hydroxylation sites is 1. The minimum absolute atomic E-state index is 0.386. The Morgan fingerprint density at radius 3 is 2.51 bits per heavy atom. The molecule has 1 aliphatic carbocycles. The van der Waals surface area contributed by atoms with E-state index < -0.39 is 0 Å². The van der Waals surface area contributed by atoms with E-state index in [1.807, 2.05) is 24.4 Å². The minimum atomic E-state index is 0.386. The average Bonchev–Trinajstić information content (AvgIpc) is 3.05. The second-order valence-corrected chi connectivity index (χ2v) is 12.2. The Balaban J connectivity index is 1.16. The molecule has 1 aromatic heterocycles. The summed E-state index contributed by atoms with van der Waals surface area (Å²) in [7, 11) is 0. The molecular formula is C33H56N10. The molecule has 1 saturated carbocycles. The minimum Gasteiger partial charge on any atom is -0.389 e. The molecule has 1 aliphatic heterocycles. The zero-order valence-corrected chi connectivity index (χ0v) is 26.5. The second-order valence-electron chi connectivity index (χ2n) is 12.2. The van der Waals surface area contributed by atoms with Crippen LogP contribution in [0.4, 0.5) is 11.8 Å². The van der Waals surface area contributed by atoms with Crippen LogP contribution in [0, 0.1) is 5.53 Å². The van der Waals surface area contributed by atoms with Crippen LogP contribution in [0.25, 0.3) is 10.9 Å². The Bertz CT molecular complexity index is 1090. The van der Waals surface area contributed by atoms with Crippen LogP contribution >= 0.6 is 0 Å². The van der Waals surface area contributed by atoms with Gasteiger partial charge in [-0.15, -0.1) is 0 Å². The van der Waals surface area contributed by atoms with E-state index in [1.165, 1.54) is 64.3 Å². The standard InChI is InChI=1S/C33H56N10/c1-2-3-9-22-43-23-16-28(17-24-43)39-32-30-14-7-8-15-31(30)40-33(41-32)38-26-29(42-34)25-36-20-10-18-35-19-11-21-37-27-12-5-4-6-13-27/h7-8,14-15,25,27-28,34-37H,2-6,9-13,16-24,26H2,1H3,(H2,38,39,40,41)/b29-25-,42-34?. The van der Waals surface area contributed by atoms with Crippen molar-refractivity contribution in [1.29, 1.82) is 5.53 Å². The van der Waals surface area contributed by atoms with Crippen LogP contribution in [0.15, 0.2) is 41.3 Å². The first-order chi connectivity index (χ1) is 21.2. The van der Waals surface area contributed by atoms with Crippen molar-refractivity contribution in [3.05, 3.63) is 36.2 Å². The van der Waals surface area contributed by atoms with E-state index in [2.05, 4.69) is 49.6 Å². The summed E-state index contributed by atoms with van der Waals surface area (Å²) >= 11 is 0. The van der Waals surface area contributed by atoms with E-state index in [4.69, 9.17) is 15.5 Å². The predicted octanol–water partition coefficient (Wildman–Crippen LogP) is 5.86. The lowest BCUT2D eigenvalue weighted by Gasteiger charge is -2.32. The van der Waals surface area contributed by atoms with Gasteiger partial charge in [-0.05, 0) is 83.3 Å². The van der Waals surface area contributed by atoms with E-state index in [0.29, 0.717) is 24.2 Å². The summed E-state index contributed by atoms with van der Waals surface area (Å²) in [5.41, 5.74) is 9.14. The van der Waals surface area contributed by atoms with Gasteiger partial charge in [-0.25, -0.2) is 10.5 Å². The molecule has 238 valence electrons. The smallest absolute Gasteiger partial charge is 0.225 e. The van der Waals surface area contributed by atoms with Crippen LogP contribution in [0.2, 0.25) is 0 Å². The quantitative estimate of drug-likeness (QED) is 0.0834. The van der Waals surface area contributed by atoms with E-state index in [0.717, 1.165) is 81.3 Å². The number of rotatable bonds is 20. The zero-order chi connectivity index (χ0) is 30.0. The second kappa shape index (κ2) is 19.5. The molecule has 2 aromatic rings. The number of likely N-dealkylation sites (tertiary alicyclic amines) is 1. The summed E-state index contributed by atoms with van der Waals surface area (Å²) in [5.74, 6) is 1.43. The number of nitrogens with one attached hydrogen (secondary N) is 6. The molecular weight excluding hydrogens is 536 g/mol. The van der Waals surface area contributed by atoms with Gasteiger partial charge < -0.3 is 31.5 Å². The highest BCUT2D eigenvalue weighted by molar-refractivity contribution is 5.90. The molecule has 0 unspecified atom stereocenters. The Labute approximate surface area is 259 Å². The summed E-state index contributed by atoms with van der Waals surface area (Å²) in [6.45, 7) is 10.1. The first kappa shape index (κ1) is 33.1. The molecule has 1 saturated heterocycles. The Hall–Kier alpha value is -2.82. The lowest BCUT2D eigenvalue weighted by atomic mass is 9.95. The molecule has 10 nitrogen and oxygen atoms in total. The Morgan fingerprint density at radius 2 is 1.72 bits per heavy atom. The molecule has 1 aromatic carbocycles. The number of aromatic nitrogens is 2. The van der Waals surface area contributed by atoms with Crippen molar-refractivity contribution in [3.8, 4) is 0 Å². The van der Waals surface area contributed by atoms with Crippen LogP contribution in [-0.2, 0) is 0 Å². The van der Waals surface area contributed by atoms with E-state index in [1.54, 1.807) is 0 Å². The molecule has 2 fully saturated rings. The zero-order valence-electron chi connectivity index (χ0n) is 26.5. The fraction of sp³-hybridized carbons (Fsp3) is 0.697. The van der Waals surface area contributed by atoms with E-state index in [-0.39, 0.29) is 0 Å². The first-order valence-electron chi connectivity index (χ1n) is 17.0. The van der Waals surface area contributed by atoms with Crippen LogP contribution in [0.5, 0.6) is 0 Å². The maximum Gasteiger partial charge on any atom is 0.225 e. The first-order valence-corrected chi connectivity index (χ1v) is 17.0. The molecule has 0 spiro atoms. The molecule has 43 heavy (non-hydrogen) atoms. The van der Waals surface area contributed by atoms with Gasteiger partial charge in [0, 0.05) is 43.3 Å². The number of unbranched alkanes of at least 4 members (excludes halogenated alkanes) is 2. The van der Waals surface area contributed by atoms with Crippen LogP contribution < -0.4 is 26.6 Å². The monoisotopic (exact) mass is 592 g/mol. The third-order valence-corrected chi connectivity index (χ3v) is 8.69. The maximum absolute atomic E-state index is 7.62. The third-order valence-electron chi connectivity index (χ3n) is 8.69. The third kappa shape index (κ3) is 12.0. The van der Waals surface area contributed by atoms with Crippen LogP contribution in [0.3, 0.4) is 0 Å². The van der Waals surface area contributed by atoms with Crippen molar-refractivity contribution in [2.24, 2.45) is 5.11 Å². The number of hydrogen-bond acceptors (Lipinski definition) is 10. The van der Waals surface area contributed by atoms with Gasteiger partial charge in [0.25, 0.3) is 0 Å². The molecule has 2 aliphatic rings. The maximum atomic E-state index is 7.62. The molecule has 2 heterocycles. The van der Waals surface area contributed by atoms with Gasteiger partial charge in [0.15, 0.2) is 0 Å². The van der Waals surface area contributed by atoms with Gasteiger partial charge in [-0.3, -0.25) is 0 Å². The van der Waals surface area contributed by atoms with E-state index >= 15 is 0 Å². The SMILES string of the molecule is CCCCCN1CCC(Nc2nc(NC/C(=C/NCCCNCCCNC3CCCCC3)N=N)nc3ccccc23)CC1. The predicted molar refractivity (Wildman–Crippen MR) is 179 cm³/mol. The van der Waals surface area contributed by atoms with Crippen molar-refractivity contribution in [2.45, 2.75) is 96.1 Å². The van der Waals surface area contributed by atoms with Crippen molar-refractivity contribution in [3.63, 3.8) is 0 Å². The largest absolute Gasteiger partial charge is 0.389 e. The number of anilines is 2. The highest BCUT2D eigenvalue weighted by Crippen LogP contribution is 2.25. The number of fused-ring (bicyclic) bond motifs is 1. The Morgan fingerprint density at radius 1 is 0.930 bits per heavy atom. The van der Waals surface area contributed by atoms with Gasteiger partial charge in [0.1, 0.15) is 5.82 Å². The highest BCUT2D eigenvalue weighted by atomic mass is 15.2.